The van der Waals surface area contributed by atoms with Crippen molar-refractivity contribution in [2.75, 3.05) is 0 Å². The summed E-state index contributed by atoms with van der Waals surface area (Å²) >= 11 is 0. The minimum absolute atomic E-state index is 0.402. The maximum atomic E-state index is 5.65. The summed E-state index contributed by atoms with van der Waals surface area (Å²) in [6.07, 6.45) is 4.49. The Hall–Kier alpha value is -0.870. The minimum Gasteiger partial charge on any atom is -0.272 e. The van der Waals surface area contributed by atoms with Crippen LogP contribution in [0.25, 0.3) is 0 Å². The van der Waals surface area contributed by atoms with Crippen molar-refractivity contribution in [1.29, 1.82) is 0 Å². The van der Waals surface area contributed by atoms with Crippen molar-refractivity contribution in [3.05, 3.63) is 17.0 Å². The Balaban J connectivity index is 2.57. The van der Waals surface area contributed by atoms with Gasteiger partial charge < -0.3 is 0 Å². The van der Waals surface area contributed by atoms with Crippen LogP contribution in [0.2, 0.25) is 0 Å². The number of nitrogens with one attached hydrogen (secondary N) is 1. The van der Waals surface area contributed by atoms with Crippen LogP contribution in [0.4, 0.5) is 0 Å². The first-order valence-corrected chi connectivity index (χ1v) is 6.94. The highest BCUT2D eigenvalue weighted by atomic mass is 15.3. The van der Waals surface area contributed by atoms with Gasteiger partial charge >= 0.3 is 0 Å². The quantitative estimate of drug-likeness (QED) is 0.578. The van der Waals surface area contributed by atoms with E-state index in [1.165, 1.54) is 17.7 Å². The molecule has 0 aliphatic rings. The topological polar surface area (TPSA) is 55.9 Å². The van der Waals surface area contributed by atoms with Gasteiger partial charge in [0.15, 0.2) is 0 Å². The Labute approximate surface area is 111 Å². The van der Waals surface area contributed by atoms with Crippen molar-refractivity contribution in [3.63, 3.8) is 0 Å². The van der Waals surface area contributed by atoms with Crippen molar-refractivity contribution in [2.45, 2.75) is 59.4 Å². The first-order chi connectivity index (χ1) is 8.49. The van der Waals surface area contributed by atoms with E-state index in [1.54, 1.807) is 0 Å². The molecular weight excluding hydrogens is 224 g/mol. The number of hydrogen-bond donors (Lipinski definition) is 2. The first-order valence-electron chi connectivity index (χ1n) is 6.94. The van der Waals surface area contributed by atoms with Gasteiger partial charge in [-0.15, -0.1) is 0 Å². The molecule has 3 N–H and O–H groups in total. The molecule has 0 saturated heterocycles. The molecule has 0 saturated carbocycles. The van der Waals surface area contributed by atoms with Gasteiger partial charge in [0.05, 0.1) is 5.69 Å². The van der Waals surface area contributed by atoms with E-state index in [0.29, 0.717) is 6.04 Å². The fraction of sp³-hybridized carbons (Fsp3) is 0.786. The monoisotopic (exact) mass is 252 g/mol. The van der Waals surface area contributed by atoms with Crippen LogP contribution in [0.1, 0.15) is 50.1 Å². The van der Waals surface area contributed by atoms with Crippen LogP contribution in [0.3, 0.4) is 0 Å². The average molecular weight is 252 g/mol. The standard InChI is InChI=1S/C14H28N4/c1-6-10(2)9-13(16-15)7-8-14-11(3)17-18(5)12(14)4/h10,13,16H,6-9,15H2,1-5H3. The summed E-state index contributed by atoms with van der Waals surface area (Å²) in [5.74, 6) is 6.37. The molecule has 104 valence electrons. The average Bonchev–Trinajstić information content (AvgIpc) is 2.59. The molecule has 2 unspecified atom stereocenters. The van der Waals surface area contributed by atoms with E-state index in [1.807, 2.05) is 11.7 Å². The first kappa shape index (κ1) is 15.2. The number of hydrazine groups is 1. The predicted molar refractivity (Wildman–Crippen MR) is 76.2 cm³/mol. The Bertz CT molecular complexity index is 370. The summed E-state index contributed by atoms with van der Waals surface area (Å²) in [4.78, 5) is 0. The highest BCUT2D eigenvalue weighted by molar-refractivity contribution is 5.24. The lowest BCUT2D eigenvalue weighted by Gasteiger charge is -2.19. The van der Waals surface area contributed by atoms with Crippen LogP contribution >= 0.6 is 0 Å². The summed E-state index contributed by atoms with van der Waals surface area (Å²) in [6, 6.07) is 0.402. The van der Waals surface area contributed by atoms with Gasteiger partial charge in [-0.3, -0.25) is 16.0 Å². The molecule has 2 atom stereocenters. The zero-order valence-corrected chi connectivity index (χ0v) is 12.5. The molecule has 4 nitrogen and oxygen atoms in total. The molecule has 0 radical (unpaired) electrons. The summed E-state index contributed by atoms with van der Waals surface area (Å²) in [6.45, 7) is 8.73. The lowest BCUT2D eigenvalue weighted by Crippen LogP contribution is -2.36. The Morgan fingerprint density at radius 2 is 2.06 bits per heavy atom. The van der Waals surface area contributed by atoms with Crippen LogP contribution in [-0.4, -0.2) is 15.8 Å². The summed E-state index contributed by atoms with van der Waals surface area (Å²) in [5.41, 5.74) is 6.75. The zero-order chi connectivity index (χ0) is 13.7. The molecule has 1 aromatic heterocycles. The number of nitrogens with zero attached hydrogens (tertiary/aromatic N) is 2. The zero-order valence-electron chi connectivity index (χ0n) is 12.5. The molecule has 0 aliphatic carbocycles. The van der Waals surface area contributed by atoms with Crippen molar-refractivity contribution in [1.82, 2.24) is 15.2 Å². The van der Waals surface area contributed by atoms with Gasteiger partial charge in [0, 0.05) is 18.8 Å². The van der Waals surface area contributed by atoms with Crippen LogP contribution in [-0.2, 0) is 13.5 Å². The smallest absolute Gasteiger partial charge is 0.0628 e. The molecule has 4 heteroatoms. The highest BCUT2D eigenvalue weighted by Gasteiger charge is 2.14. The van der Waals surface area contributed by atoms with E-state index >= 15 is 0 Å². The molecule has 0 bridgehead atoms. The largest absolute Gasteiger partial charge is 0.272 e. The van der Waals surface area contributed by atoms with E-state index in [9.17, 15) is 0 Å². The molecular formula is C14H28N4. The molecule has 0 fully saturated rings. The van der Waals surface area contributed by atoms with E-state index in [2.05, 4.69) is 38.2 Å². The maximum Gasteiger partial charge on any atom is 0.0628 e. The van der Waals surface area contributed by atoms with Gasteiger partial charge in [0.2, 0.25) is 0 Å². The molecule has 1 aromatic rings. The van der Waals surface area contributed by atoms with Gasteiger partial charge in [-0.05, 0) is 44.6 Å². The van der Waals surface area contributed by atoms with E-state index < -0.39 is 0 Å². The van der Waals surface area contributed by atoms with Gasteiger partial charge in [0.1, 0.15) is 0 Å². The summed E-state index contributed by atoms with van der Waals surface area (Å²) in [5, 5.41) is 4.46. The fourth-order valence-electron chi connectivity index (χ4n) is 2.42. The number of aryl methyl sites for hydroxylation is 2. The molecule has 0 amide bonds. The molecule has 0 spiro atoms. The van der Waals surface area contributed by atoms with E-state index in [0.717, 1.165) is 30.9 Å². The Kier molecular flexibility index (Phi) is 5.82. The second-order valence-electron chi connectivity index (χ2n) is 5.42. The summed E-state index contributed by atoms with van der Waals surface area (Å²) in [7, 11) is 2.00. The van der Waals surface area contributed by atoms with Gasteiger partial charge in [0.25, 0.3) is 0 Å². The molecule has 0 aromatic carbocycles. The van der Waals surface area contributed by atoms with Gasteiger partial charge in [-0.25, -0.2) is 0 Å². The van der Waals surface area contributed by atoms with Crippen molar-refractivity contribution < 1.29 is 0 Å². The van der Waals surface area contributed by atoms with E-state index in [4.69, 9.17) is 5.84 Å². The lowest BCUT2D eigenvalue weighted by molar-refractivity contribution is 0.381. The van der Waals surface area contributed by atoms with Crippen LogP contribution in [0.5, 0.6) is 0 Å². The predicted octanol–water partition coefficient (Wildman–Crippen LogP) is 2.24. The number of nitrogens with two attached hydrogens (primary N) is 1. The second-order valence-corrected chi connectivity index (χ2v) is 5.42. The number of hydrogen-bond acceptors (Lipinski definition) is 3. The minimum atomic E-state index is 0.402. The highest BCUT2D eigenvalue weighted by Crippen LogP contribution is 2.18. The van der Waals surface area contributed by atoms with Crippen LogP contribution < -0.4 is 11.3 Å². The number of aromatic nitrogens is 2. The Morgan fingerprint density at radius 3 is 2.50 bits per heavy atom. The number of rotatable bonds is 7. The molecule has 1 rings (SSSR count). The third-order valence-electron chi connectivity index (χ3n) is 4.02. The normalized spacial score (nSPS) is 14.8. The van der Waals surface area contributed by atoms with Gasteiger partial charge in [-0.2, -0.15) is 5.10 Å². The Morgan fingerprint density at radius 1 is 1.39 bits per heavy atom. The SMILES string of the molecule is CCC(C)CC(CCc1c(C)nn(C)c1C)NN. The second kappa shape index (κ2) is 6.90. The molecule has 0 aliphatic heterocycles. The van der Waals surface area contributed by atoms with Crippen LogP contribution in [0.15, 0.2) is 0 Å². The van der Waals surface area contributed by atoms with Gasteiger partial charge in [-0.1, -0.05) is 20.3 Å². The van der Waals surface area contributed by atoms with Crippen molar-refractivity contribution in [2.24, 2.45) is 18.8 Å². The fourth-order valence-corrected chi connectivity index (χ4v) is 2.42. The maximum absolute atomic E-state index is 5.65. The van der Waals surface area contributed by atoms with Crippen molar-refractivity contribution >= 4 is 0 Å². The molecule has 1 heterocycles. The van der Waals surface area contributed by atoms with Crippen molar-refractivity contribution in [3.8, 4) is 0 Å². The third kappa shape index (κ3) is 3.82. The summed E-state index contributed by atoms with van der Waals surface area (Å²) < 4.78 is 1.96. The van der Waals surface area contributed by atoms with Crippen LogP contribution in [0, 0.1) is 19.8 Å². The molecule has 18 heavy (non-hydrogen) atoms. The lowest BCUT2D eigenvalue weighted by atomic mass is 9.95. The van der Waals surface area contributed by atoms with E-state index in [-0.39, 0.29) is 0 Å². The third-order valence-corrected chi connectivity index (χ3v) is 4.02.